The van der Waals surface area contributed by atoms with Gasteiger partial charge in [0.15, 0.2) is 0 Å². The molecule has 3 rings (SSSR count). The average Bonchev–Trinajstić information content (AvgIpc) is 2.74. The van der Waals surface area contributed by atoms with Crippen LogP contribution in [0.3, 0.4) is 0 Å². The first-order valence-corrected chi connectivity index (χ1v) is 7.69. The van der Waals surface area contributed by atoms with Gasteiger partial charge in [0.2, 0.25) is 0 Å². The van der Waals surface area contributed by atoms with E-state index in [0.29, 0.717) is 6.04 Å². The minimum absolute atomic E-state index is 0.703. The van der Waals surface area contributed by atoms with E-state index in [9.17, 15) is 0 Å². The van der Waals surface area contributed by atoms with Gasteiger partial charge in [-0.05, 0) is 67.7 Å². The second-order valence-electron chi connectivity index (χ2n) is 6.29. The SMILES string of the molecule is CC1CCCC(Nc2ccc3c(c2)CCC3)CC1. The van der Waals surface area contributed by atoms with Crippen molar-refractivity contribution in [1.29, 1.82) is 0 Å². The molecule has 1 nitrogen and oxygen atoms in total. The maximum atomic E-state index is 3.77. The number of hydrogen-bond donors (Lipinski definition) is 1. The van der Waals surface area contributed by atoms with Gasteiger partial charge in [-0.3, -0.25) is 0 Å². The minimum atomic E-state index is 0.703. The van der Waals surface area contributed by atoms with E-state index in [-0.39, 0.29) is 0 Å². The van der Waals surface area contributed by atoms with Crippen molar-refractivity contribution >= 4 is 5.69 Å². The Morgan fingerprint density at radius 1 is 0.944 bits per heavy atom. The van der Waals surface area contributed by atoms with Gasteiger partial charge in [-0.25, -0.2) is 0 Å². The fourth-order valence-corrected chi connectivity index (χ4v) is 3.53. The molecule has 2 aliphatic carbocycles. The molecule has 0 amide bonds. The maximum Gasteiger partial charge on any atom is 0.0345 e. The molecule has 2 atom stereocenters. The van der Waals surface area contributed by atoms with Crippen LogP contribution in [0.2, 0.25) is 0 Å². The van der Waals surface area contributed by atoms with Crippen molar-refractivity contribution < 1.29 is 0 Å². The predicted molar refractivity (Wildman–Crippen MR) is 78.1 cm³/mol. The van der Waals surface area contributed by atoms with Crippen molar-refractivity contribution in [3.63, 3.8) is 0 Å². The Labute approximate surface area is 111 Å². The van der Waals surface area contributed by atoms with E-state index < -0.39 is 0 Å². The van der Waals surface area contributed by atoms with Crippen LogP contribution in [0.5, 0.6) is 0 Å². The van der Waals surface area contributed by atoms with E-state index >= 15 is 0 Å². The van der Waals surface area contributed by atoms with Crippen molar-refractivity contribution in [2.24, 2.45) is 5.92 Å². The van der Waals surface area contributed by atoms with Crippen LogP contribution in [-0.4, -0.2) is 6.04 Å². The Kier molecular flexibility index (Phi) is 3.58. The quantitative estimate of drug-likeness (QED) is 0.751. The Morgan fingerprint density at radius 3 is 2.78 bits per heavy atom. The highest BCUT2D eigenvalue weighted by molar-refractivity contribution is 5.50. The lowest BCUT2D eigenvalue weighted by atomic mass is 10.0. The zero-order valence-electron chi connectivity index (χ0n) is 11.5. The van der Waals surface area contributed by atoms with Crippen LogP contribution in [-0.2, 0) is 12.8 Å². The zero-order chi connectivity index (χ0) is 12.4. The molecule has 1 aromatic rings. The van der Waals surface area contributed by atoms with Gasteiger partial charge in [-0.15, -0.1) is 0 Å². The monoisotopic (exact) mass is 243 g/mol. The summed E-state index contributed by atoms with van der Waals surface area (Å²) < 4.78 is 0. The first-order valence-electron chi connectivity index (χ1n) is 7.69. The molecule has 0 spiro atoms. The number of aryl methyl sites for hydroxylation is 2. The zero-order valence-corrected chi connectivity index (χ0v) is 11.5. The standard InChI is InChI=1S/C17H25N/c1-13-4-2-7-16(10-8-13)18-17-11-9-14-5-3-6-15(14)12-17/h9,11-13,16,18H,2-8,10H2,1H3. The summed E-state index contributed by atoms with van der Waals surface area (Å²) in [5.41, 5.74) is 4.52. The number of rotatable bonds is 2. The van der Waals surface area contributed by atoms with Crippen LogP contribution >= 0.6 is 0 Å². The van der Waals surface area contributed by atoms with Crippen LogP contribution < -0.4 is 5.32 Å². The van der Waals surface area contributed by atoms with Gasteiger partial charge in [0.05, 0.1) is 0 Å². The van der Waals surface area contributed by atoms with E-state index in [1.807, 2.05) is 0 Å². The molecule has 1 saturated carbocycles. The molecule has 1 fully saturated rings. The summed E-state index contributed by atoms with van der Waals surface area (Å²) in [4.78, 5) is 0. The van der Waals surface area contributed by atoms with Crippen molar-refractivity contribution in [2.45, 2.75) is 64.3 Å². The third kappa shape index (κ3) is 2.71. The third-order valence-corrected chi connectivity index (χ3v) is 4.73. The smallest absolute Gasteiger partial charge is 0.0345 e. The van der Waals surface area contributed by atoms with Gasteiger partial charge in [0.25, 0.3) is 0 Å². The minimum Gasteiger partial charge on any atom is -0.382 e. The van der Waals surface area contributed by atoms with Gasteiger partial charge in [0, 0.05) is 11.7 Å². The molecule has 0 saturated heterocycles. The molecule has 0 aliphatic heterocycles. The third-order valence-electron chi connectivity index (χ3n) is 4.73. The van der Waals surface area contributed by atoms with E-state index in [1.54, 1.807) is 11.1 Å². The molecule has 0 heterocycles. The van der Waals surface area contributed by atoms with Crippen LogP contribution in [0.1, 0.15) is 56.6 Å². The Hall–Kier alpha value is -0.980. The Bertz CT molecular complexity index is 410. The van der Waals surface area contributed by atoms with Crippen molar-refractivity contribution in [3.8, 4) is 0 Å². The molecule has 1 aromatic carbocycles. The molecule has 18 heavy (non-hydrogen) atoms. The normalized spacial score (nSPS) is 27.6. The van der Waals surface area contributed by atoms with Crippen LogP contribution in [0.4, 0.5) is 5.69 Å². The molecule has 1 N–H and O–H groups in total. The summed E-state index contributed by atoms with van der Waals surface area (Å²) in [6.45, 7) is 2.40. The van der Waals surface area contributed by atoms with E-state index in [2.05, 4.69) is 30.4 Å². The molecule has 0 aromatic heterocycles. The lowest BCUT2D eigenvalue weighted by Gasteiger charge is -2.18. The summed E-state index contributed by atoms with van der Waals surface area (Å²) >= 11 is 0. The van der Waals surface area contributed by atoms with Gasteiger partial charge in [0.1, 0.15) is 0 Å². The molecule has 1 heteroatoms. The van der Waals surface area contributed by atoms with Crippen molar-refractivity contribution in [2.75, 3.05) is 5.32 Å². The lowest BCUT2D eigenvalue weighted by molar-refractivity contribution is 0.502. The van der Waals surface area contributed by atoms with Crippen LogP contribution in [0.25, 0.3) is 0 Å². The predicted octanol–water partition coefficient (Wildman–Crippen LogP) is 4.56. The topological polar surface area (TPSA) is 12.0 Å². The molecule has 2 aliphatic rings. The van der Waals surface area contributed by atoms with E-state index in [4.69, 9.17) is 0 Å². The molecule has 0 radical (unpaired) electrons. The fraction of sp³-hybridized carbons (Fsp3) is 0.647. The first-order chi connectivity index (χ1) is 8.81. The average molecular weight is 243 g/mol. The maximum absolute atomic E-state index is 3.77. The Balaban J connectivity index is 1.65. The molecule has 98 valence electrons. The number of hydrogen-bond acceptors (Lipinski definition) is 1. The lowest BCUT2D eigenvalue weighted by Crippen LogP contribution is -2.18. The summed E-state index contributed by atoms with van der Waals surface area (Å²) in [6.07, 6.45) is 10.8. The van der Waals surface area contributed by atoms with Gasteiger partial charge in [-0.2, -0.15) is 0 Å². The van der Waals surface area contributed by atoms with Crippen molar-refractivity contribution in [1.82, 2.24) is 0 Å². The van der Waals surface area contributed by atoms with Crippen LogP contribution in [0.15, 0.2) is 18.2 Å². The highest BCUT2D eigenvalue weighted by Gasteiger charge is 2.17. The second kappa shape index (κ2) is 5.34. The van der Waals surface area contributed by atoms with Crippen LogP contribution in [0, 0.1) is 5.92 Å². The fourth-order valence-electron chi connectivity index (χ4n) is 3.53. The first kappa shape index (κ1) is 12.1. The van der Waals surface area contributed by atoms with Gasteiger partial charge in [-0.1, -0.05) is 25.8 Å². The second-order valence-corrected chi connectivity index (χ2v) is 6.29. The number of anilines is 1. The molecule has 2 unspecified atom stereocenters. The van der Waals surface area contributed by atoms with Gasteiger partial charge >= 0.3 is 0 Å². The van der Waals surface area contributed by atoms with Crippen molar-refractivity contribution in [3.05, 3.63) is 29.3 Å². The molecular weight excluding hydrogens is 218 g/mol. The van der Waals surface area contributed by atoms with E-state index in [1.165, 1.54) is 57.1 Å². The highest BCUT2D eigenvalue weighted by Crippen LogP contribution is 2.28. The van der Waals surface area contributed by atoms with Gasteiger partial charge < -0.3 is 5.32 Å². The highest BCUT2D eigenvalue weighted by atomic mass is 14.9. The summed E-state index contributed by atoms with van der Waals surface area (Å²) in [5.74, 6) is 0.928. The number of fused-ring (bicyclic) bond motifs is 1. The Morgan fingerprint density at radius 2 is 1.83 bits per heavy atom. The summed E-state index contributed by atoms with van der Waals surface area (Å²) in [6, 6.07) is 7.73. The molecular formula is C17H25N. The number of nitrogens with one attached hydrogen (secondary N) is 1. The summed E-state index contributed by atoms with van der Waals surface area (Å²) in [7, 11) is 0. The largest absolute Gasteiger partial charge is 0.382 e. The van der Waals surface area contributed by atoms with E-state index in [0.717, 1.165) is 5.92 Å². The summed E-state index contributed by atoms with van der Waals surface area (Å²) in [5, 5.41) is 3.77. The number of benzene rings is 1. The molecule has 0 bridgehead atoms.